The van der Waals surface area contributed by atoms with Crippen LogP contribution in [0.15, 0.2) is 76.7 Å². The van der Waals surface area contributed by atoms with E-state index in [1.165, 1.54) is 18.7 Å². The van der Waals surface area contributed by atoms with Crippen molar-refractivity contribution in [3.05, 3.63) is 88.2 Å². The average Bonchev–Trinajstić information content (AvgIpc) is 3.39. The molecule has 6 rings (SSSR count). The number of hydrogen-bond acceptors (Lipinski definition) is 7. The van der Waals surface area contributed by atoms with Crippen LogP contribution in [0.2, 0.25) is 0 Å². The molecule has 0 spiro atoms. The first-order chi connectivity index (χ1) is 18.0. The second kappa shape index (κ2) is 9.29. The first kappa shape index (κ1) is 23.1. The summed E-state index contributed by atoms with van der Waals surface area (Å²) in [6, 6.07) is 20.9. The Kier molecular flexibility index (Phi) is 5.80. The molecule has 2 aliphatic heterocycles. The Morgan fingerprint density at radius 2 is 1.95 bits per heavy atom. The van der Waals surface area contributed by atoms with Gasteiger partial charge in [-0.1, -0.05) is 54.2 Å². The maximum absolute atomic E-state index is 13.5. The Hall–Kier alpha value is -4.31. The summed E-state index contributed by atoms with van der Waals surface area (Å²) in [5.74, 6) is 1.90. The molecule has 186 valence electrons. The number of carbonyl (C=O) groups is 1. The number of methoxy groups -OCH3 is 1. The van der Waals surface area contributed by atoms with Gasteiger partial charge in [-0.05, 0) is 34.5 Å². The van der Waals surface area contributed by atoms with Gasteiger partial charge in [0.2, 0.25) is 23.6 Å². The number of ether oxygens (including phenoxy) is 3. The van der Waals surface area contributed by atoms with Crippen molar-refractivity contribution in [2.75, 3.05) is 18.8 Å². The molecule has 1 atom stereocenters. The van der Waals surface area contributed by atoms with Crippen molar-refractivity contribution in [1.29, 1.82) is 0 Å². The largest absolute Gasteiger partial charge is 0.493 e. The Morgan fingerprint density at radius 3 is 2.73 bits per heavy atom. The van der Waals surface area contributed by atoms with Crippen LogP contribution in [-0.4, -0.2) is 29.9 Å². The molecule has 37 heavy (non-hydrogen) atoms. The fraction of sp³-hybridized carbons (Fsp3) is 0.185. The Balaban J connectivity index is 1.55. The number of thioether (sulfide) groups is 1. The molecule has 0 radical (unpaired) electrons. The summed E-state index contributed by atoms with van der Waals surface area (Å²) in [7, 11) is 1.54. The lowest BCUT2D eigenvalue weighted by molar-refractivity contribution is -0.763. The number of fused-ring (bicyclic) bond motifs is 4. The molecule has 0 unspecified atom stereocenters. The van der Waals surface area contributed by atoms with Crippen LogP contribution in [0.25, 0.3) is 11.3 Å². The number of anilines is 1. The van der Waals surface area contributed by atoms with Gasteiger partial charge in [-0.25, -0.2) is 4.90 Å². The number of nitrogens with zero attached hydrogens (tertiary/aromatic N) is 3. The zero-order chi connectivity index (χ0) is 25.5. The Labute approximate surface area is 216 Å². The second-order valence-corrected chi connectivity index (χ2v) is 9.53. The predicted molar refractivity (Wildman–Crippen MR) is 137 cm³/mol. The van der Waals surface area contributed by atoms with E-state index >= 15 is 0 Å². The molecule has 1 amide bonds. The third kappa shape index (κ3) is 3.99. The van der Waals surface area contributed by atoms with E-state index in [1.807, 2.05) is 54.6 Å². The number of hydrogen-bond donors (Lipinski definition) is 1. The summed E-state index contributed by atoms with van der Waals surface area (Å²) in [6.07, 6.45) is -0.760. The number of para-hydroxylation sites is 1. The average molecular weight is 516 g/mol. The maximum atomic E-state index is 13.5. The van der Waals surface area contributed by atoms with Crippen molar-refractivity contribution in [3.63, 3.8) is 0 Å². The highest BCUT2D eigenvalue weighted by atomic mass is 32.2. The van der Waals surface area contributed by atoms with E-state index < -0.39 is 6.17 Å². The Morgan fingerprint density at radius 1 is 1.16 bits per heavy atom. The lowest BCUT2D eigenvalue weighted by Crippen LogP contribution is -2.60. The van der Waals surface area contributed by atoms with E-state index in [1.54, 1.807) is 28.8 Å². The molecule has 0 saturated heterocycles. The molecule has 9 nitrogen and oxygen atoms in total. The SMILES string of the molecule is COc1cc([C@H]2N(C(C)=O)c3ccccc3-c3c(=O)[nH]c(SCc4ccccc4)n[n+]32)cc2c1OCO2. The number of rotatable bonds is 5. The van der Waals surface area contributed by atoms with Crippen LogP contribution in [0.5, 0.6) is 17.2 Å². The number of aromatic amines is 1. The fourth-order valence-corrected chi connectivity index (χ4v) is 5.51. The lowest BCUT2D eigenvalue weighted by atomic mass is 10.0. The van der Waals surface area contributed by atoms with Crippen LogP contribution in [0.1, 0.15) is 24.2 Å². The summed E-state index contributed by atoms with van der Waals surface area (Å²) in [6.45, 7) is 1.57. The highest BCUT2D eigenvalue weighted by molar-refractivity contribution is 7.98. The van der Waals surface area contributed by atoms with Gasteiger partial charge in [0.05, 0.1) is 23.9 Å². The van der Waals surface area contributed by atoms with E-state index in [9.17, 15) is 9.59 Å². The molecule has 1 aromatic heterocycles. The summed E-state index contributed by atoms with van der Waals surface area (Å²) in [5.41, 5.74) is 3.07. The number of nitrogens with one attached hydrogen (secondary N) is 1. The molecule has 0 bridgehead atoms. The van der Waals surface area contributed by atoms with Gasteiger partial charge in [0.15, 0.2) is 11.5 Å². The van der Waals surface area contributed by atoms with Gasteiger partial charge in [0.1, 0.15) is 0 Å². The number of amides is 1. The summed E-state index contributed by atoms with van der Waals surface area (Å²) < 4.78 is 18.4. The Bertz CT molecular complexity index is 1570. The van der Waals surface area contributed by atoms with Crippen molar-refractivity contribution in [2.24, 2.45) is 0 Å². The van der Waals surface area contributed by atoms with Gasteiger partial charge in [-0.3, -0.25) is 14.6 Å². The molecule has 1 N–H and O–H groups in total. The summed E-state index contributed by atoms with van der Waals surface area (Å²) in [5, 5.41) is 5.29. The van der Waals surface area contributed by atoms with Crippen LogP contribution >= 0.6 is 11.8 Å². The third-order valence-corrected chi connectivity index (χ3v) is 7.23. The van der Waals surface area contributed by atoms with Crippen LogP contribution in [0.4, 0.5) is 5.69 Å². The molecular formula is C27H23N4O5S+. The fourth-order valence-electron chi connectivity index (χ4n) is 4.70. The molecule has 10 heteroatoms. The third-order valence-electron chi connectivity index (χ3n) is 6.29. The molecule has 2 aliphatic rings. The van der Waals surface area contributed by atoms with Crippen molar-refractivity contribution in [3.8, 4) is 28.5 Å². The number of aromatic nitrogens is 3. The quantitative estimate of drug-likeness (QED) is 0.320. The molecule has 0 fully saturated rings. The van der Waals surface area contributed by atoms with Gasteiger partial charge in [0, 0.05) is 17.8 Å². The van der Waals surface area contributed by atoms with E-state index in [0.29, 0.717) is 50.7 Å². The zero-order valence-corrected chi connectivity index (χ0v) is 21.0. The first-order valence-corrected chi connectivity index (χ1v) is 12.6. The highest BCUT2D eigenvalue weighted by Gasteiger charge is 2.45. The molecule has 3 heterocycles. The predicted octanol–water partition coefficient (Wildman–Crippen LogP) is 3.67. The van der Waals surface area contributed by atoms with Crippen molar-refractivity contribution >= 4 is 23.4 Å². The van der Waals surface area contributed by atoms with Gasteiger partial charge >= 0.3 is 11.3 Å². The van der Waals surface area contributed by atoms with Gasteiger partial charge in [-0.15, -0.1) is 0 Å². The van der Waals surface area contributed by atoms with E-state index in [4.69, 9.17) is 19.3 Å². The van der Waals surface area contributed by atoms with Crippen LogP contribution in [-0.2, 0) is 10.5 Å². The van der Waals surface area contributed by atoms with Gasteiger partial charge < -0.3 is 14.2 Å². The zero-order valence-electron chi connectivity index (χ0n) is 20.1. The standard InChI is InChI=1S/C27H22N4O5S/c1-16(32)30-20-11-7-6-10-19(20)23-25(33)28-27(37-14-17-8-4-3-5-9-17)29-31(23)26(30)18-12-21(34-2)24-22(13-18)35-15-36-24/h3-13,26H,14-15H2,1-2H3/p+1/t26-/m0/s1. The minimum atomic E-state index is -0.760. The van der Waals surface area contributed by atoms with Gasteiger partial charge in [-0.2, -0.15) is 0 Å². The van der Waals surface area contributed by atoms with E-state index in [0.717, 1.165) is 5.56 Å². The molecule has 4 aromatic rings. The van der Waals surface area contributed by atoms with Crippen molar-refractivity contribution < 1.29 is 23.7 Å². The number of carbonyl (C=O) groups excluding carboxylic acids is 1. The minimum Gasteiger partial charge on any atom is -0.493 e. The van der Waals surface area contributed by atoms with Crippen LogP contribution in [0.3, 0.4) is 0 Å². The first-order valence-electron chi connectivity index (χ1n) is 11.6. The summed E-state index contributed by atoms with van der Waals surface area (Å²) >= 11 is 1.42. The van der Waals surface area contributed by atoms with Gasteiger partial charge in [0.25, 0.3) is 6.17 Å². The lowest BCUT2D eigenvalue weighted by Gasteiger charge is -2.31. The molecule has 3 aromatic carbocycles. The molecule has 0 aliphatic carbocycles. The van der Waals surface area contributed by atoms with Crippen molar-refractivity contribution in [2.45, 2.75) is 24.0 Å². The highest BCUT2D eigenvalue weighted by Crippen LogP contribution is 2.45. The van der Waals surface area contributed by atoms with Crippen LogP contribution < -0.4 is 29.4 Å². The smallest absolute Gasteiger partial charge is 0.325 e. The van der Waals surface area contributed by atoms with E-state index in [2.05, 4.69) is 4.98 Å². The topological polar surface area (TPSA) is 97.6 Å². The normalized spacial score (nSPS) is 15.2. The monoisotopic (exact) mass is 515 g/mol. The number of benzene rings is 3. The number of H-pyrrole nitrogens is 1. The minimum absolute atomic E-state index is 0.0704. The molecule has 0 saturated carbocycles. The summed E-state index contributed by atoms with van der Waals surface area (Å²) in [4.78, 5) is 31.2. The van der Waals surface area contributed by atoms with E-state index in [-0.39, 0.29) is 18.3 Å². The van der Waals surface area contributed by atoms with Crippen molar-refractivity contribution in [1.82, 2.24) is 10.1 Å². The van der Waals surface area contributed by atoms with Crippen LogP contribution in [0, 0.1) is 0 Å². The molecular weight excluding hydrogens is 492 g/mol. The maximum Gasteiger partial charge on any atom is 0.325 e. The second-order valence-electron chi connectivity index (χ2n) is 8.56.